The minimum Gasteiger partial charge on any atom is -0.369 e. The Hall–Kier alpha value is -0.530. The van der Waals surface area contributed by atoms with Gasteiger partial charge in [-0.1, -0.05) is 12.2 Å². The molecule has 0 N–H and O–H groups in total. The third-order valence-corrected chi connectivity index (χ3v) is 2.50. The van der Waals surface area contributed by atoms with Gasteiger partial charge in [0.05, 0.1) is 31.5 Å². The van der Waals surface area contributed by atoms with E-state index < -0.39 is 35.2 Å². The molecule has 88 valence electrons. The molecule has 0 aromatic rings. The van der Waals surface area contributed by atoms with Gasteiger partial charge in [0.15, 0.2) is 0 Å². The van der Waals surface area contributed by atoms with Crippen LogP contribution in [-0.2, 0) is 19.0 Å². The van der Waals surface area contributed by atoms with E-state index in [9.17, 15) is 17.2 Å². The fourth-order valence-corrected chi connectivity index (χ4v) is 1.60. The van der Waals surface area contributed by atoms with Crippen LogP contribution in [0.5, 0.6) is 0 Å². The first kappa shape index (κ1) is 12.5. The van der Waals surface area contributed by atoms with Gasteiger partial charge in [0.1, 0.15) is 0 Å². The molecule has 7 heteroatoms. The van der Waals surface area contributed by atoms with E-state index in [1.54, 1.807) is 6.08 Å². The SMILES string of the molecule is CS(=O)(=O)OC[C@H](C(F)F)[C@H]1C=CCO1. The van der Waals surface area contributed by atoms with Crippen molar-refractivity contribution in [2.75, 3.05) is 19.5 Å². The van der Waals surface area contributed by atoms with E-state index in [-0.39, 0.29) is 6.61 Å². The van der Waals surface area contributed by atoms with E-state index in [4.69, 9.17) is 4.74 Å². The molecule has 1 aliphatic rings. The van der Waals surface area contributed by atoms with Gasteiger partial charge in [-0.05, 0) is 0 Å². The maximum Gasteiger partial charge on any atom is 0.264 e. The van der Waals surface area contributed by atoms with Gasteiger partial charge in [-0.3, -0.25) is 4.18 Å². The van der Waals surface area contributed by atoms with Crippen LogP contribution in [0, 0.1) is 5.92 Å². The highest BCUT2D eigenvalue weighted by Gasteiger charge is 2.31. The summed E-state index contributed by atoms with van der Waals surface area (Å²) in [7, 11) is -3.70. The van der Waals surface area contributed by atoms with E-state index in [1.807, 2.05) is 0 Å². The summed E-state index contributed by atoms with van der Waals surface area (Å²) in [5.41, 5.74) is 0. The summed E-state index contributed by atoms with van der Waals surface area (Å²) in [6, 6.07) is 0. The first-order valence-electron chi connectivity index (χ1n) is 4.31. The van der Waals surface area contributed by atoms with E-state index in [0.717, 1.165) is 6.26 Å². The summed E-state index contributed by atoms with van der Waals surface area (Å²) in [4.78, 5) is 0. The minimum absolute atomic E-state index is 0.271. The fourth-order valence-electron chi connectivity index (χ4n) is 1.19. The number of halogens is 2. The standard InChI is InChI=1S/C8H12F2O4S/c1-15(11,12)14-5-6(8(9)10)7-3-2-4-13-7/h2-3,6-8H,4-5H2,1H3/t6-,7+/m0/s1. The first-order chi connectivity index (χ1) is 6.90. The molecular weight excluding hydrogens is 230 g/mol. The summed E-state index contributed by atoms with van der Waals surface area (Å²) < 4.78 is 55.7. The summed E-state index contributed by atoms with van der Waals surface area (Å²) in [5.74, 6) is -1.25. The topological polar surface area (TPSA) is 52.6 Å². The lowest BCUT2D eigenvalue weighted by Crippen LogP contribution is -2.31. The molecule has 2 atom stereocenters. The number of alkyl halides is 2. The molecule has 0 amide bonds. The van der Waals surface area contributed by atoms with E-state index >= 15 is 0 Å². The van der Waals surface area contributed by atoms with Crippen molar-refractivity contribution in [3.05, 3.63) is 12.2 Å². The fraction of sp³-hybridized carbons (Fsp3) is 0.750. The minimum atomic E-state index is -3.70. The van der Waals surface area contributed by atoms with Crippen LogP contribution >= 0.6 is 0 Å². The second-order valence-electron chi connectivity index (χ2n) is 3.21. The largest absolute Gasteiger partial charge is 0.369 e. The lowest BCUT2D eigenvalue weighted by atomic mass is 10.1. The predicted molar refractivity (Wildman–Crippen MR) is 49.2 cm³/mol. The predicted octanol–water partition coefficient (Wildman–Crippen LogP) is 0.799. The zero-order chi connectivity index (χ0) is 11.5. The highest BCUT2D eigenvalue weighted by Crippen LogP contribution is 2.22. The average molecular weight is 242 g/mol. The zero-order valence-electron chi connectivity index (χ0n) is 8.10. The lowest BCUT2D eigenvalue weighted by molar-refractivity contribution is -0.0284. The van der Waals surface area contributed by atoms with Crippen molar-refractivity contribution in [3.63, 3.8) is 0 Å². The molecule has 0 unspecified atom stereocenters. The van der Waals surface area contributed by atoms with Crippen LogP contribution in [0.2, 0.25) is 0 Å². The molecule has 0 radical (unpaired) electrons. The second kappa shape index (κ2) is 5.00. The molecule has 1 aliphatic heterocycles. The molecule has 0 bridgehead atoms. The number of ether oxygens (including phenoxy) is 1. The van der Waals surface area contributed by atoms with Crippen molar-refractivity contribution in [1.82, 2.24) is 0 Å². The summed E-state index contributed by atoms with van der Waals surface area (Å²) in [6.45, 7) is -0.293. The molecule has 0 fully saturated rings. The van der Waals surface area contributed by atoms with Crippen molar-refractivity contribution < 1.29 is 26.1 Å². The van der Waals surface area contributed by atoms with Crippen LogP contribution in [0.3, 0.4) is 0 Å². The van der Waals surface area contributed by atoms with Gasteiger partial charge in [-0.15, -0.1) is 0 Å². The second-order valence-corrected chi connectivity index (χ2v) is 4.86. The normalized spacial score (nSPS) is 23.6. The molecule has 1 rings (SSSR count). The molecule has 15 heavy (non-hydrogen) atoms. The molecule has 4 nitrogen and oxygen atoms in total. The summed E-state index contributed by atoms with van der Waals surface area (Å²) in [5, 5.41) is 0. The van der Waals surface area contributed by atoms with Crippen molar-refractivity contribution in [1.29, 1.82) is 0 Å². The Morgan fingerprint density at radius 3 is 2.67 bits per heavy atom. The Labute approximate surface area is 87.0 Å². The highest BCUT2D eigenvalue weighted by atomic mass is 32.2. The third-order valence-electron chi connectivity index (χ3n) is 1.93. The molecular formula is C8H12F2O4S. The van der Waals surface area contributed by atoms with Crippen molar-refractivity contribution in [3.8, 4) is 0 Å². The Morgan fingerprint density at radius 1 is 1.60 bits per heavy atom. The third kappa shape index (κ3) is 4.23. The van der Waals surface area contributed by atoms with Gasteiger partial charge in [0, 0.05) is 0 Å². The quantitative estimate of drug-likeness (QED) is 0.528. The van der Waals surface area contributed by atoms with Gasteiger partial charge in [0.2, 0.25) is 6.43 Å². The van der Waals surface area contributed by atoms with E-state index in [1.165, 1.54) is 6.08 Å². The Balaban J connectivity index is 2.55. The number of hydrogen-bond acceptors (Lipinski definition) is 4. The molecule has 0 aliphatic carbocycles. The average Bonchev–Trinajstić information content (AvgIpc) is 2.54. The Bertz CT molecular complexity index is 326. The van der Waals surface area contributed by atoms with Crippen LogP contribution in [0.15, 0.2) is 12.2 Å². The molecule has 0 saturated heterocycles. The van der Waals surface area contributed by atoms with Crippen molar-refractivity contribution >= 4 is 10.1 Å². The maximum absolute atomic E-state index is 12.5. The van der Waals surface area contributed by atoms with Crippen LogP contribution in [-0.4, -0.2) is 40.4 Å². The van der Waals surface area contributed by atoms with Crippen LogP contribution in [0.1, 0.15) is 0 Å². The molecule has 0 spiro atoms. The lowest BCUT2D eigenvalue weighted by Gasteiger charge is -2.20. The Morgan fingerprint density at radius 2 is 2.27 bits per heavy atom. The van der Waals surface area contributed by atoms with Crippen LogP contribution in [0.25, 0.3) is 0 Å². The monoisotopic (exact) mass is 242 g/mol. The zero-order valence-corrected chi connectivity index (χ0v) is 8.91. The van der Waals surface area contributed by atoms with Gasteiger partial charge in [-0.2, -0.15) is 8.42 Å². The summed E-state index contributed by atoms with van der Waals surface area (Å²) >= 11 is 0. The Kier molecular flexibility index (Phi) is 4.18. The molecule has 0 saturated carbocycles. The molecule has 1 heterocycles. The van der Waals surface area contributed by atoms with Gasteiger partial charge in [-0.25, -0.2) is 8.78 Å². The highest BCUT2D eigenvalue weighted by molar-refractivity contribution is 7.85. The van der Waals surface area contributed by atoms with Gasteiger partial charge < -0.3 is 4.74 Å². The smallest absolute Gasteiger partial charge is 0.264 e. The van der Waals surface area contributed by atoms with Crippen molar-refractivity contribution in [2.45, 2.75) is 12.5 Å². The molecule has 0 aromatic heterocycles. The maximum atomic E-state index is 12.5. The van der Waals surface area contributed by atoms with Crippen LogP contribution in [0.4, 0.5) is 8.78 Å². The van der Waals surface area contributed by atoms with Crippen LogP contribution < -0.4 is 0 Å². The van der Waals surface area contributed by atoms with E-state index in [2.05, 4.69) is 4.18 Å². The van der Waals surface area contributed by atoms with Gasteiger partial charge >= 0.3 is 0 Å². The first-order valence-corrected chi connectivity index (χ1v) is 6.12. The number of rotatable bonds is 5. The molecule has 0 aromatic carbocycles. The van der Waals surface area contributed by atoms with Gasteiger partial charge in [0.25, 0.3) is 10.1 Å². The summed E-state index contributed by atoms with van der Waals surface area (Å²) in [6.07, 6.45) is 0.468. The van der Waals surface area contributed by atoms with E-state index in [0.29, 0.717) is 0 Å². The number of hydrogen-bond donors (Lipinski definition) is 0. The van der Waals surface area contributed by atoms with Crippen molar-refractivity contribution in [2.24, 2.45) is 5.92 Å².